The van der Waals surface area contributed by atoms with Gasteiger partial charge in [-0.15, -0.1) is 0 Å². The summed E-state index contributed by atoms with van der Waals surface area (Å²) in [5, 5.41) is 0. The molecular weight excluding hydrogens is 396 g/mol. The van der Waals surface area contributed by atoms with E-state index in [1.807, 2.05) is 67.6 Å². The molecule has 0 radical (unpaired) electrons. The van der Waals surface area contributed by atoms with Gasteiger partial charge in [0.1, 0.15) is 5.70 Å². The number of carbonyl (C=O) groups is 2. The van der Waals surface area contributed by atoms with Crippen LogP contribution in [0.2, 0.25) is 0 Å². The van der Waals surface area contributed by atoms with Crippen LogP contribution in [0.4, 0.5) is 0 Å². The third-order valence-corrected chi connectivity index (χ3v) is 6.40. The van der Waals surface area contributed by atoms with Crippen molar-refractivity contribution in [2.24, 2.45) is 0 Å². The largest absolute Gasteiger partial charge is 0.362 e. The van der Waals surface area contributed by atoms with E-state index in [4.69, 9.17) is 0 Å². The molecule has 3 aromatic rings. The van der Waals surface area contributed by atoms with Gasteiger partial charge in [-0.3, -0.25) is 14.5 Å². The quantitative estimate of drug-likeness (QED) is 0.573. The van der Waals surface area contributed by atoms with Crippen LogP contribution < -0.4 is 0 Å². The maximum atomic E-state index is 13.6. The van der Waals surface area contributed by atoms with Crippen LogP contribution in [-0.2, 0) is 29.0 Å². The van der Waals surface area contributed by atoms with Gasteiger partial charge in [0.2, 0.25) is 0 Å². The van der Waals surface area contributed by atoms with Crippen molar-refractivity contribution in [2.45, 2.75) is 26.3 Å². The van der Waals surface area contributed by atoms with Crippen molar-refractivity contribution in [1.29, 1.82) is 0 Å². The molecule has 0 saturated carbocycles. The number of carbonyl (C=O) groups excluding carboxylic acids is 2. The van der Waals surface area contributed by atoms with Crippen molar-refractivity contribution >= 4 is 17.4 Å². The van der Waals surface area contributed by atoms with Crippen LogP contribution in [0.15, 0.2) is 84.6 Å². The Morgan fingerprint density at radius 3 is 2.22 bits per heavy atom. The van der Waals surface area contributed by atoms with Gasteiger partial charge >= 0.3 is 0 Å². The summed E-state index contributed by atoms with van der Waals surface area (Å²) in [5.74, 6) is -0.371. The minimum absolute atomic E-state index is 0.180. The Hall–Kier alpha value is -3.66. The summed E-state index contributed by atoms with van der Waals surface area (Å²) in [4.78, 5) is 30.7. The lowest BCUT2D eigenvalue weighted by Gasteiger charge is -2.31. The molecule has 160 valence electrons. The van der Waals surface area contributed by atoms with Gasteiger partial charge in [0.15, 0.2) is 0 Å². The maximum absolute atomic E-state index is 13.6. The molecule has 2 aliphatic heterocycles. The Kier molecular flexibility index (Phi) is 5.36. The number of fused-ring (bicyclic) bond motifs is 1. The van der Waals surface area contributed by atoms with Crippen LogP contribution in [0.3, 0.4) is 0 Å². The Labute approximate surface area is 188 Å². The molecule has 4 heteroatoms. The fourth-order valence-corrected chi connectivity index (χ4v) is 4.61. The second-order valence-electron chi connectivity index (χ2n) is 8.53. The standard InChI is InChI=1S/C28H26N2O2/c1-20-11-13-23(14-12-20)25-26(29-17-16-22-9-5-6-10-24(22)19-29)28(32)30(27(25)31)18-15-21-7-3-2-4-8-21/h2-14H,15-19H2,1H3. The monoisotopic (exact) mass is 422 g/mol. The normalized spacial score (nSPS) is 16.0. The zero-order valence-electron chi connectivity index (χ0n) is 18.3. The Bertz CT molecular complexity index is 1200. The first-order chi connectivity index (χ1) is 15.6. The fourth-order valence-electron chi connectivity index (χ4n) is 4.61. The Morgan fingerprint density at radius 1 is 0.781 bits per heavy atom. The van der Waals surface area contributed by atoms with Crippen molar-refractivity contribution in [1.82, 2.24) is 9.80 Å². The molecule has 2 aliphatic rings. The molecule has 0 aromatic heterocycles. The summed E-state index contributed by atoms with van der Waals surface area (Å²) < 4.78 is 0. The lowest BCUT2D eigenvalue weighted by Crippen LogP contribution is -2.38. The van der Waals surface area contributed by atoms with Crippen molar-refractivity contribution < 1.29 is 9.59 Å². The summed E-state index contributed by atoms with van der Waals surface area (Å²) in [6.45, 7) is 3.78. The maximum Gasteiger partial charge on any atom is 0.277 e. The first-order valence-electron chi connectivity index (χ1n) is 11.1. The van der Waals surface area contributed by atoms with Crippen LogP contribution in [-0.4, -0.2) is 34.7 Å². The number of amides is 2. The summed E-state index contributed by atoms with van der Waals surface area (Å²) in [6, 6.07) is 26.2. The first kappa shape index (κ1) is 20.3. The van der Waals surface area contributed by atoms with E-state index >= 15 is 0 Å². The second kappa shape index (κ2) is 8.46. The molecular formula is C28H26N2O2. The van der Waals surface area contributed by atoms with Crippen LogP contribution in [0.25, 0.3) is 5.57 Å². The highest BCUT2D eigenvalue weighted by molar-refractivity contribution is 6.35. The molecule has 0 aliphatic carbocycles. The van der Waals surface area contributed by atoms with Crippen LogP contribution in [0.5, 0.6) is 0 Å². The molecule has 4 nitrogen and oxygen atoms in total. The van der Waals surface area contributed by atoms with E-state index in [-0.39, 0.29) is 11.8 Å². The number of imide groups is 1. The SMILES string of the molecule is Cc1ccc(C2=C(N3CCc4ccccc4C3)C(=O)N(CCc3ccccc3)C2=O)cc1. The van der Waals surface area contributed by atoms with E-state index in [1.54, 1.807) is 0 Å². The number of hydrogen-bond donors (Lipinski definition) is 0. The zero-order chi connectivity index (χ0) is 22.1. The molecule has 3 aromatic carbocycles. The van der Waals surface area contributed by atoms with Gasteiger partial charge in [0.05, 0.1) is 5.57 Å². The molecule has 0 atom stereocenters. The van der Waals surface area contributed by atoms with Crippen molar-refractivity contribution in [2.75, 3.05) is 13.1 Å². The predicted molar refractivity (Wildman–Crippen MR) is 126 cm³/mol. The molecule has 0 N–H and O–H groups in total. The molecule has 2 amide bonds. The minimum atomic E-state index is -0.191. The van der Waals surface area contributed by atoms with Gasteiger partial charge < -0.3 is 4.90 Å². The average Bonchev–Trinajstić information content (AvgIpc) is 3.08. The van der Waals surface area contributed by atoms with E-state index < -0.39 is 0 Å². The number of aryl methyl sites for hydroxylation is 1. The Morgan fingerprint density at radius 2 is 1.47 bits per heavy atom. The van der Waals surface area contributed by atoms with Crippen LogP contribution in [0, 0.1) is 6.92 Å². The third kappa shape index (κ3) is 3.73. The molecule has 0 spiro atoms. The van der Waals surface area contributed by atoms with Crippen molar-refractivity contribution in [3.8, 4) is 0 Å². The van der Waals surface area contributed by atoms with E-state index in [2.05, 4.69) is 23.1 Å². The van der Waals surface area contributed by atoms with E-state index in [0.717, 1.165) is 29.7 Å². The molecule has 0 bridgehead atoms. The molecule has 0 saturated heterocycles. The predicted octanol–water partition coefficient (Wildman–Crippen LogP) is 4.38. The highest BCUT2D eigenvalue weighted by Gasteiger charge is 2.41. The minimum Gasteiger partial charge on any atom is -0.362 e. The highest BCUT2D eigenvalue weighted by atomic mass is 16.2. The molecule has 5 rings (SSSR count). The van der Waals surface area contributed by atoms with E-state index in [1.165, 1.54) is 16.0 Å². The van der Waals surface area contributed by atoms with E-state index in [0.29, 0.717) is 30.8 Å². The van der Waals surface area contributed by atoms with Gasteiger partial charge in [-0.1, -0.05) is 84.4 Å². The summed E-state index contributed by atoms with van der Waals surface area (Å²) >= 11 is 0. The summed E-state index contributed by atoms with van der Waals surface area (Å²) in [5.41, 5.74) is 6.66. The van der Waals surface area contributed by atoms with Gasteiger partial charge in [-0.2, -0.15) is 0 Å². The smallest absolute Gasteiger partial charge is 0.277 e. The van der Waals surface area contributed by atoms with E-state index in [9.17, 15) is 9.59 Å². The number of rotatable bonds is 5. The summed E-state index contributed by atoms with van der Waals surface area (Å²) in [7, 11) is 0. The lowest BCUT2D eigenvalue weighted by atomic mass is 9.97. The second-order valence-corrected chi connectivity index (χ2v) is 8.53. The topological polar surface area (TPSA) is 40.6 Å². The summed E-state index contributed by atoms with van der Waals surface area (Å²) in [6.07, 6.45) is 1.52. The van der Waals surface area contributed by atoms with Crippen molar-refractivity contribution in [3.63, 3.8) is 0 Å². The highest BCUT2D eigenvalue weighted by Crippen LogP contribution is 2.34. The van der Waals surface area contributed by atoms with Crippen LogP contribution in [0.1, 0.15) is 27.8 Å². The fraction of sp³-hybridized carbons (Fsp3) is 0.214. The third-order valence-electron chi connectivity index (χ3n) is 6.40. The molecule has 32 heavy (non-hydrogen) atoms. The van der Waals surface area contributed by atoms with Crippen LogP contribution >= 0.6 is 0 Å². The number of hydrogen-bond acceptors (Lipinski definition) is 3. The molecule has 2 heterocycles. The zero-order valence-corrected chi connectivity index (χ0v) is 18.3. The number of benzene rings is 3. The van der Waals surface area contributed by atoms with Crippen molar-refractivity contribution in [3.05, 3.63) is 112 Å². The average molecular weight is 423 g/mol. The van der Waals surface area contributed by atoms with Gasteiger partial charge in [0.25, 0.3) is 11.8 Å². The first-order valence-corrected chi connectivity index (χ1v) is 11.1. The van der Waals surface area contributed by atoms with Gasteiger partial charge in [-0.25, -0.2) is 0 Å². The number of nitrogens with zero attached hydrogens (tertiary/aromatic N) is 2. The molecule has 0 fully saturated rings. The lowest BCUT2D eigenvalue weighted by molar-refractivity contribution is -0.137. The Balaban J connectivity index is 1.50. The van der Waals surface area contributed by atoms with Gasteiger partial charge in [0, 0.05) is 19.6 Å². The van der Waals surface area contributed by atoms with Gasteiger partial charge in [-0.05, 0) is 42.0 Å². The molecule has 0 unspecified atom stereocenters.